The van der Waals surface area contributed by atoms with E-state index in [1.54, 1.807) is 0 Å². The van der Waals surface area contributed by atoms with Crippen LogP contribution in [0.25, 0.3) is 11.3 Å². The minimum Gasteiger partial charge on any atom is -0.256 e. The maximum Gasteiger partial charge on any atom is 0.0702 e. The number of hydrogen-bond donors (Lipinski definition) is 0. The standard InChI is InChI=1S/C13H12BrNS/c1-16-9-10-2-7-13(15-8-10)11-3-5-12(14)6-4-11/h2-8H,9H2,1H3. The van der Waals surface area contributed by atoms with Crippen LogP contribution in [0.3, 0.4) is 0 Å². The van der Waals surface area contributed by atoms with Crippen LogP contribution < -0.4 is 0 Å². The fraction of sp³-hybridized carbons (Fsp3) is 0.154. The third-order valence-electron chi connectivity index (χ3n) is 2.28. The smallest absolute Gasteiger partial charge is 0.0702 e. The highest BCUT2D eigenvalue weighted by atomic mass is 79.9. The van der Waals surface area contributed by atoms with Crippen LogP contribution in [-0.4, -0.2) is 11.2 Å². The van der Waals surface area contributed by atoms with Gasteiger partial charge in [0, 0.05) is 22.0 Å². The molecule has 3 heteroatoms. The van der Waals surface area contributed by atoms with Gasteiger partial charge in [0.15, 0.2) is 0 Å². The van der Waals surface area contributed by atoms with Crippen molar-refractivity contribution in [1.29, 1.82) is 0 Å². The molecule has 1 aromatic heterocycles. The molecule has 0 aliphatic carbocycles. The lowest BCUT2D eigenvalue weighted by Gasteiger charge is -2.02. The van der Waals surface area contributed by atoms with Crippen molar-refractivity contribution in [3.63, 3.8) is 0 Å². The first-order chi connectivity index (χ1) is 7.79. The lowest BCUT2D eigenvalue weighted by Crippen LogP contribution is -1.86. The second-order valence-corrected chi connectivity index (χ2v) is 5.27. The van der Waals surface area contributed by atoms with Crippen molar-refractivity contribution in [3.05, 3.63) is 52.6 Å². The third-order valence-corrected chi connectivity index (χ3v) is 3.43. The SMILES string of the molecule is CSCc1ccc(-c2ccc(Br)cc2)nc1. The molecule has 16 heavy (non-hydrogen) atoms. The van der Waals surface area contributed by atoms with Crippen LogP contribution >= 0.6 is 27.7 Å². The highest BCUT2D eigenvalue weighted by Crippen LogP contribution is 2.20. The number of nitrogens with zero attached hydrogens (tertiary/aromatic N) is 1. The van der Waals surface area contributed by atoms with Gasteiger partial charge in [-0.2, -0.15) is 11.8 Å². The molecule has 0 amide bonds. The molecule has 0 unspecified atom stereocenters. The van der Waals surface area contributed by atoms with Gasteiger partial charge in [0.05, 0.1) is 5.69 Å². The fourth-order valence-electron chi connectivity index (χ4n) is 1.47. The molecule has 0 bridgehead atoms. The molecule has 0 fully saturated rings. The number of halogens is 1. The number of pyridine rings is 1. The van der Waals surface area contributed by atoms with Gasteiger partial charge in [0.2, 0.25) is 0 Å². The molecule has 0 aliphatic heterocycles. The van der Waals surface area contributed by atoms with Gasteiger partial charge >= 0.3 is 0 Å². The molecule has 1 heterocycles. The van der Waals surface area contributed by atoms with Crippen LogP contribution in [0.1, 0.15) is 5.56 Å². The summed E-state index contributed by atoms with van der Waals surface area (Å²) in [5.41, 5.74) is 3.45. The van der Waals surface area contributed by atoms with E-state index in [0.717, 1.165) is 21.5 Å². The van der Waals surface area contributed by atoms with E-state index in [2.05, 4.69) is 51.4 Å². The van der Waals surface area contributed by atoms with Crippen molar-refractivity contribution in [1.82, 2.24) is 4.98 Å². The molecule has 2 aromatic rings. The molecule has 1 aromatic carbocycles. The summed E-state index contributed by atoms with van der Waals surface area (Å²) in [6.07, 6.45) is 4.05. The molecule has 0 N–H and O–H groups in total. The average molecular weight is 294 g/mol. The van der Waals surface area contributed by atoms with Gasteiger partial charge < -0.3 is 0 Å². The van der Waals surface area contributed by atoms with Crippen molar-refractivity contribution < 1.29 is 0 Å². The summed E-state index contributed by atoms with van der Waals surface area (Å²) in [5.74, 6) is 1.02. The number of rotatable bonds is 3. The Kier molecular flexibility index (Phi) is 4.02. The molecule has 1 nitrogen and oxygen atoms in total. The van der Waals surface area contributed by atoms with E-state index < -0.39 is 0 Å². The van der Waals surface area contributed by atoms with Gasteiger partial charge in [-0.15, -0.1) is 0 Å². The lowest BCUT2D eigenvalue weighted by atomic mass is 10.1. The summed E-state index contributed by atoms with van der Waals surface area (Å²) < 4.78 is 1.09. The summed E-state index contributed by atoms with van der Waals surface area (Å²) in [6.45, 7) is 0. The quantitative estimate of drug-likeness (QED) is 0.833. The highest BCUT2D eigenvalue weighted by Gasteiger charge is 1.99. The number of aromatic nitrogens is 1. The fourth-order valence-corrected chi connectivity index (χ4v) is 2.24. The Labute approximate surface area is 108 Å². The van der Waals surface area contributed by atoms with Crippen molar-refractivity contribution in [2.24, 2.45) is 0 Å². The number of thioether (sulfide) groups is 1. The predicted octanol–water partition coefficient (Wildman–Crippen LogP) is 4.37. The first kappa shape index (κ1) is 11.7. The van der Waals surface area contributed by atoms with E-state index in [4.69, 9.17) is 0 Å². The van der Waals surface area contributed by atoms with Crippen LogP contribution in [0, 0.1) is 0 Å². The zero-order valence-electron chi connectivity index (χ0n) is 8.98. The van der Waals surface area contributed by atoms with E-state index in [9.17, 15) is 0 Å². The summed E-state index contributed by atoms with van der Waals surface area (Å²) in [7, 11) is 0. The monoisotopic (exact) mass is 293 g/mol. The van der Waals surface area contributed by atoms with Gasteiger partial charge in [-0.05, 0) is 30.0 Å². The van der Waals surface area contributed by atoms with E-state index in [-0.39, 0.29) is 0 Å². The maximum atomic E-state index is 4.47. The Morgan fingerprint density at radius 2 is 1.88 bits per heavy atom. The van der Waals surface area contributed by atoms with Crippen LogP contribution in [0.2, 0.25) is 0 Å². The Morgan fingerprint density at radius 1 is 1.12 bits per heavy atom. The summed E-state index contributed by atoms with van der Waals surface area (Å²) in [4.78, 5) is 4.47. The van der Waals surface area contributed by atoms with E-state index in [1.807, 2.05) is 30.1 Å². The zero-order valence-corrected chi connectivity index (χ0v) is 11.4. The average Bonchev–Trinajstić information content (AvgIpc) is 2.32. The zero-order chi connectivity index (χ0) is 11.4. The summed E-state index contributed by atoms with van der Waals surface area (Å²) in [6, 6.07) is 12.4. The van der Waals surface area contributed by atoms with Gasteiger partial charge in [0.25, 0.3) is 0 Å². The Hall–Kier alpha value is -0.800. The van der Waals surface area contributed by atoms with Crippen LogP contribution in [0.5, 0.6) is 0 Å². The highest BCUT2D eigenvalue weighted by molar-refractivity contribution is 9.10. The van der Waals surface area contributed by atoms with E-state index in [0.29, 0.717) is 0 Å². The molecular weight excluding hydrogens is 282 g/mol. The van der Waals surface area contributed by atoms with E-state index >= 15 is 0 Å². The van der Waals surface area contributed by atoms with Crippen LogP contribution in [0.4, 0.5) is 0 Å². The largest absolute Gasteiger partial charge is 0.256 e. The van der Waals surface area contributed by atoms with Gasteiger partial charge in [0.1, 0.15) is 0 Å². The number of benzene rings is 1. The Bertz CT molecular complexity index is 450. The van der Waals surface area contributed by atoms with E-state index in [1.165, 1.54) is 5.56 Å². The summed E-state index contributed by atoms with van der Waals surface area (Å²) >= 11 is 5.24. The molecular formula is C13H12BrNS. The number of hydrogen-bond acceptors (Lipinski definition) is 2. The first-order valence-electron chi connectivity index (χ1n) is 4.99. The van der Waals surface area contributed by atoms with Crippen molar-refractivity contribution in [3.8, 4) is 11.3 Å². The summed E-state index contributed by atoms with van der Waals surface area (Å²) in [5, 5.41) is 0. The van der Waals surface area contributed by atoms with Gasteiger partial charge in [-0.25, -0.2) is 0 Å². The topological polar surface area (TPSA) is 12.9 Å². The first-order valence-corrected chi connectivity index (χ1v) is 7.18. The molecule has 0 radical (unpaired) electrons. The molecule has 0 atom stereocenters. The second-order valence-electron chi connectivity index (χ2n) is 3.49. The normalized spacial score (nSPS) is 10.4. The van der Waals surface area contributed by atoms with Gasteiger partial charge in [-0.1, -0.05) is 34.1 Å². The second kappa shape index (κ2) is 5.51. The van der Waals surface area contributed by atoms with Crippen molar-refractivity contribution >= 4 is 27.7 Å². The molecule has 0 saturated heterocycles. The minimum absolute atomic E-state index is 1.02. The Morgan fingerprint density at radius 3 is 2.44 bits per heavy atom. The third kappa shape index (κ3) is 2.86. The molecule has 2 rings (SSSR count). The molecule has 0 spiro atoms. The molecule has 0 aliphatic rings. The van der Waals surface area contributed by atoms with Crippen molar-refractivity contribution in [2.45, 2.75) is 5.75 Å². The minimum atomic E-state index is 1.02. The molecule has 0 saturated carbocycles. The molecule has 82 valence electrons. The lowest BCUT2D eigenvalue weighted by molar-refractivity contribution is 1.25. The predicted molar refractivity (Wildman–Crippen MR) is 74.6 cm³/mol. The van der Waals surface area contributed by atoms with Crippen LogP contribution in [-0.2, 0) is 5.75 Å². The Balaban J connectivity index is 2.24. The van der Waals surface area contributed by atoms with Gasteiger partial charge in [-0.3, -0.25) is 4.98 Å². The van der Waals surface area contributed by atoms with Crippen molar-refractivity contribution in [2.75, 3.05) is 6.26 Å². The maximum absolute atomic E-state index is 4.47. The van der Waals surface area contributed by atoms with Crippen LogP contribution in [0.15, 0.2) is 47.1 Å².